The Morgan fingerprint density at radius 1 is 1.57 bits per heavy atom. The molecule has 4 nitrogen and oxygen atoms in total. The van der Waals surface area contributed by atoms with Crippen molar-refractivity contribution in [3.8, 4) is 5.75 Å². The molecule has 2 rings (SSSR count). The number of methoxy groups -OCH3 is 1. The number of ether oxygens (including phenoxy) is 1. The van der Waals surface area contributed by atoms with E-state index in [9.17, 15) is 4.79 Å². The van der Waals surface area contributed by atoms with Gasteiger partial charge in [0.15, 0.2) is 23.2 Å². The third-order valence-corrected chi connectivity index (χ3v) is 2.04. The van der Waals surface area contributed by atoms with Crippen molar-refractivity contribution < 1.29 is 13.9 Å². The van der Waals surface area contributed by atoms with Crippen LogP contribution in [-0.4, -0.2) is 18.4 Å². The maximum absolute atomic E-state index is 10.4. The lowest BCUT2D eigenvalue weighted by Crippen LogP contribution is -1.93. The molecule has 4 heteroatoms. The number of hydrogen-bond acceptors (Lipinski definition) is 4. The highest BCUT2D eigenvalue weighted by Crippen LogP contribution is 2.28. The largest absolute Gasteiger partial charge is 0.494 e. The number of hydrogen-bond donors (Lipinski definition) is 0. The Hall–Kier alpha value is -1.84. The molecule has 0 saturated heterocycles. The average molecular weight is 191 g/mol. The first-order valence-corrected chi connectivity index (χ1v) is 4.19. The Bertz CT molecular complexity index is 461. The van der Waals surface area contributed by atoms with Crippen molar-refractivity contribution in [3.63, 3.8) is 0 Å². The number of aldehydes is 1. The van der Waals surface area contributed by atoms with E-state index < -0.39 is 0 Å². The van der Waals surface area contributed by atoms with Crippen molar-refractivity contribution in [1.82, 2.24) is 4.98 Å². The molecule has 0 aliphatic heterocycles. The van der Waals surface area contributed by atoms with Gasteiger partial charge in [-0.1, -0.05) is 6.07 Å². The number of rotatable bonds is 3. The molecule has 0 aliphatic rings. The molecule has 0 amide bonds. The summed E-state index contributed by atoms with van der Waals surface area (Å²) in [4.78, 5) is 14.4. The topological polar surface area (TPSA) is 52.3 Å². The highest BCUT2D eigenvalue weighted by Gasteiger charge is 2.10. The fourth-order valence-corrected chi connectivity index (χ4v) is 1.43. The van der Waals surface area contributed by atoms with E-state index in [1.54, 1.807) is 19.2 Å². The quantitative estimate of drug-likeness (QED) is 0.691. The number of carbonyl (C=O) groups excluding carboxylic acids is 1. The van der Waals surface area contributed by atoms with Crippen molar-refractivity contribution >= 4 is 17.4 Å². The van der Waals surface area contributed by atoms with Crippen LogP contribution >= 0.6 is 0 Å². The first kappa shape index (κ1) is 8.74. The normalized spacial score (nSPS) is 10.4. The second kappa shape index (κ2) is 3.49. The number of fused-ring (bicyclic) bond motifs is 1. The molecule has 0 radical (unpaired) electrons. The molecule has 14 heavy (non-hydrogen) atoms. The van der Waals surface area contributed by atoms with Crippen LogP contribution in [0.5, 0.6) is 5.75 Å². The highest BCUT2D eigenvalue weighted by atomic mass is 16.5. The number of nitrogens with zero attached hydrogens (tertiary/aromatic N) is 1. The van der Waals surface area contributed by atoms with Crippen molar-refractivity contribution in [2.24, 2.45) is 0 Å². The van der Waals surface area contributed by atoms with Gasteiger partial charge in [0.1, 0.15) is 6.29 Å². The molecule has 0 spiro atoms. The summed E-state index contributed by atoms with van der Waals surface area (Å²) in [5.41, 5.74) is 2.15. The molecule has 1 aromatic heterocycles. The number of benzene rings is 1. The number of oxazole rings is 1. The van der Waals surface area contributed by atoms with Crippen LogP contribution in [0.1, 0.15) is 5.56 Å². The van der Waals surface area contributed by atoms with Crippen LogP contribution in [-0.2, 0) is 11.2 Å². The number of carbonyl (C=O) groups is 1. The standard InChI is InChI=1S/C10H9NO3/c1-13-10-7(4-5-12)2-3-8-9(10)11-6-14-8/h2-3,5-6H,4H2,1H3. The third kappa shape index (κ3) is 1.25. The van der Waals surface area contributed by atoms with Gasteiger partial charge < -0.3 is 13.9 Å². The molecular weight excluding hydrogens is 182 g/mol. The van der Waals surface area contributed by atoms with E-state index in [0.717, 1.165) is 11.8 Å². The SMILES string of the molecule is COc1c(CC=O)ccc2ocnc12. The van der Waals surface area contributed by atoms with Gasteiger partial charge in [0.25, 0.3) is 0 Å². The Kier molecular flexibility index (Phi) is 2.18. The summed E-state index contributed by atoms with van der Waals surface area (Å²) in [6.07, 6.45) is 2.52. The molecular formula is C10H9NO3. The van der Waals surface area contributed by atoms with Gasteiger partial charge in [-0.2, -0.15) is 0 Å². The molecule has 0 aliphatic carbocycles. The van der Waals surface area contributed by atoms with Crippen molar-refractivity contribution in [2.45, 2.75) is 6.42 Å². The first-order valence-electron chi connectivity index (χ1n) is 4.19. The van der Waals surface area contributed by atoms with Crippen LogP contribution in [0.25, 0.3) is 11.1 Å². The minimum absolute atomic E-state index is 0.325. The lowest BCUT2D eigenvalue weighted by Gasteiger charge is -2.04. The van der Waals surface area contributed by atoms with E-state index in [-0.39, 0.29) is 0 Å². The van der Waals surface area contributed by atoms with Crippen LogP contribution in [0, 0.1) is 0 Å². The number of aromatic nitrogens is 1. The van der Waals surface area contributed by atoms with Crippen LogP contribution in [0.4, 0.5) is 0 Å². The molecule has 0 fully saturated rings. The van der Waals surface area contributed by atoms with Gasteiger partial charge in [-0.25, -0.2) is 4.98 Å². The van der Waals surface area contributed by atoms with E-state index in [0.29, 0.717) is 23.3 Å². The van der Waals surface area contributed by atoms with Crippen LogP contribution in [0.2, 0.25) is 0 Å². The first-order chi connectivity index (χ1) is 6.86. The van der Waals surface area contributed by atoms with Gasteiger partial charge in [-0.3, -0.25) is 0 Å². The van der Waals surface area contributed by atoms with Gasteiger partial charge in [0, 0.05) is 12.0 Å². The van der Waals surface area contributed by atoms with E-state index in [4.69, 9.17) is 9.15 Å². The zero-order valence-electron chi connectivity index (χ0n) is 7.69. The molecule has 1 heterocycles. The van der Waals surface area contributed by atoms with Gasteiger partial charge in [0.05, 0.1) is 7.11 Å². The summed E-state index contributed by atoms with van der Waals surface area (Å²) in [6, 6.07) is 3.59. The van der Waals surface area contributed by atoms with E-state index in [1.165, 1.54) is 6.39 Å². The summed E-state index contributed by atoms with van der Waals surface area (Å²) < 4.78 is 10.3. The van der Waals surface area contributed by atoms with Crippen molar-refractivity contribution in [2.75, 3.05) is 7.11 Å². The zero-order chi connectivity index (χ0) is 9.97. The fraction of sp³-hybridized carbons (Fsp3) is 0.200. The van der Waals surface area contributed by atoms with Crippen LogP contribution in [0.3, 0.4) is 0 Å². The molecule has 0 unspecified atom stereocenters. The molecule has 0 atom stereocenters. The highest BCUT2D eigenvalue weighted by molar-refractivity contribution is 5.82. The predicted molar refractivity (Wildman–Crippen MR) is 50.3 cm³/mol. The van der Waals surface area contributed by atoms with Crippen molar-refractivity contribution in [1.29, 1.82) is 0 Å². The van der Waals surface area contributed by atoms with Gasteiger partial charge in [-0.15, -0.1) is 0 Å². The van der Waals surface area contributed by atoms with Gasteiger partial charge >= 0.3 is 0 Å². The lowest BCUT2D eigenvalue weighted by atomic mass is 10.1. The second-order valence-corrected chi connectivity index (χ2v) is 2.83. The van der Waals surface area contributed by atoms with Crippen LogP contribution < -0.4 is 4.74 Å². The third-order valence-electron chi connectivity index (χ3n) is 2.04. The summed E-state index contributed by atoms with van der Waals surface area (Å²) in [5, 5.41) is 0. The summed E-state index contributed by atoms with van der Waals surface area (Å²) in [5.74, 6) is 0.614. The Balaban J connectivity index is 2.65. The maximum atomic E-state index is 10.4. The molecule has 72 valence electrons. The van der Waals surface area contributed by atoms with Gasteiger partial charge in [0.2, 0.25) is 0 Å². The Morgan fingerprint density at radius 2 is 2.43 bits per heavy atom. The summed E-state index contributed by atoms with van der Waals surface area (Å²) in [7, 11) is 1.55. The zero-order valence-corrected chi connectivity index (χ0v) is 7.69. The molecule has 1 aromatic carbocycles. The lowest BCUT2D eigenvalue weighted by molar-refractivity contribution is -0.107. The molecule has 2 aromatic rings. The fourth-order valence-electron chi connectivity index (χ4n) is 1.43. The molecule has 0 N–H and O–H groups in total. The van der Waals surface area contributed by atoms with Crippen molar-refractivity contribution in [3.05, 3.63) is 24.1 Å². The Morgan fingerprint density at radius 3 is 3.14 bits per heavy atom. The smallest absolute Gasteiger partial charge is 0.182 e. The predicted octanol–water partition coefficient (Wildman–Crippen LogP) is 1.58. The second-order valence-electron chi connectivity index (χ2n) is 2.83. The Labute approximate surface area is 80.5 Å². The van der Waals surface area contributed by atoms with E-state index in [2.05, 4.69) is 4.98 Å². The van der Waals surface area contributed by atoms with Crippen LogP contribution in [0.15, 0.2) is 22.9 Å². The average Bonchev–Trinajstić information content (AvgIpc) is 2.66. The monoisotopic (exact) mass is 191 g/mol. The summed E-state index contributed by atoms with van der Waals surface area (Å²) in [6.45, 7) is 0. The van der Waals surface area contributed by atoms with E-state index in [1.807, 2.05) is 0 Å². The minimum Gasteiger partial charge on any atom is -0.494 e. The van der Waals surface area contributed by atoms with Gasteiger partial charge in [-0.05, 0) is 6.07 Å². The molecule has 0 saturated carbocycles. The summed E-state index contributed by atoms with van der Waals surface area (Å²) >= 11 is 0. The minimum atomic E-state index is 0.325. The maximum Gasteiger partial charge on any atom is 0.182 e. The van der Waals surface area contributed by atoms with E-state index >= 15 is 0 Å². The molecule has 0 bridgehead atoms.